The molecule has 1 aliphatic carbocycles. The minimum atomic E-state index is -0.110. The van der Waals surface area contributed by atoms with Gasteiger partial charge in [0.1, 0.15) is 5.75 Å². The van der Waals surface area contributed by atoms with E-state index in [1.165, 1.54) is 18.4 Å². The Morgan fingerprint density at radius 1 is 1.38 bits per heavy atom. The van der Waals surface area contributed by atoms with Gasteiger partial charge in [-0.2, -0.15) is 0 Å². The first-order chi connectivity index (χ1) is 9.85. The van der Waals surface area contributed by atoms with Gasteiger partial charge in [0.15, 0.2) is 0 Å². The maximum atomic E-state index is 6.93. The van der Waals surface area contributed by atoms with Crippen LogP contribution >= 0.6 is 15.9 Å². The number of halogens is 1. The Bertz CT molecular complexity index is 488. The molecule has 0 aromatic heterocycles. The third-order valence-corrected chi connectivity index (χ3v) is 5.79. The highest BCUT2D eigenvalue weighted by atomic mass is 79.9. The highest BCUT2D eigenvalue weighted by Crippen LogP contribution is 2.42. The quantitative estimate of drug-likeness (QED) is 0.844. The van der Waals surface area contributed by atoms with E-state index in [9.17, 15) is 0 Å². The van der Waals surface area contributed by atoms with Gasteiger partial charge < -0.3 is 10.5 Å². The lowest BCUT2D eigenvalue weighted by atomic mass is 9.63. The van der Waals surface area contributed by atoms with E-state index in [-0.39, 0.29) is 5.54 Å². The number of hydrogen-bond acceptors (Lipinski definition) is 2. The molecular weight excluding hydrogens is 326 g/mol. The van der Waals surface area contributed by atoms with Gasteiger partial charge in [-0.15, -0.1) is 0 Å². The summed E-state index contributed by atoms with van der Waals surface area (Å²) >= 11 is 3.67. The van der Waals surface area contributed by atoms with Crippen LogP contribution in [-0.4, -0.2) is 12.6 Å². The Labute approximate surface area is 137 Å². The minimum absolute atomic E-state index is 0.110. The number of benzene rings is 1. The molecular formula is C18H28BrNO. The second-order valence-electron chi connectivity index (χ2n) is 7.10. The predicted octanol–water partition coefficient (Wildman–Crippen LogP) is 4.79. The molecule has 0 heterocycles. The molecule has 1 saturated carbocycles. The Morgan fingerprint density at radius 3 is 2.71 bits per heavy atom. The van der Waals surface area contributed by atoms with E-state index in [0.717, 1.165) is 29.0 Å². The van der Waals surface area contributed by atoms with Gasteiger partial charge >= 0.3 is 0 Å². The van der Waals surface area contributed by atoms with E-state index in [1.54, 1.807) is 7.11 Å². The van der Waals surface area contributed by atoms with Crippen molar-refractivity contribution in [3.8, 4) is 5.75 Å². The van der Waals surface area contributed by atoms with Gasteiger partial charge in [0.2, 0.25) is 0 Å². The van der Waals surface area contributed by atoms with Crippen molar-refractivity contribution >= 4 is 15.9 Å². The summed E-state index contributed by atoms with van der Waals surface area (Å²) in [6, 6.07) is 6.17. The molecule has 2 N–H and O–H groups in total. The molecule has 3 atom stereocenters. The molecule has 0 bridgehead atoms. The summed E-state index contributed by atoms with van der Waals surface area (Å²) < 4.78 is 6.50. The van der Waals surface area contributed by atoms with Crippen molar-refractivity contribution < 1.29 is 4.74 Å². The molecule has 21 heavy (non-hydrogen) atoms. The van der Waals surface area contributed by atoms with Gasteiger partial charge in [0, 0.05) is 10.0 Å². The number of hydrogen-bond donors (Lipinski definition) is 1. The summed E-state index contributed by atoms with van der Waals surface area (Å²) in [6.07, 6.45) is 4.58. The fourth-order valence-electron chi connectivity index (χ4n) is 4.02. The summed E-state index contributed by atoms with van der Waals surface area (Å²) in [7, 11) is 1.71. The summed E-state index contributed by atoms with van der Waals surface area (Å²) in [5.74, 6) is 2.84. The number of rotatable bonds is 4. The fourth-order valence-corrected chi connectivity index (χ4v) is 4.41. The molecule has 0 saturated heterocycles. The van der Waals surface area contributed by atoms with Crippen LogP contribution in [0.15, 0.2) is 22.7 Å². The molecule has 1 aliphatic rings. The maximum absolute atomic E-state index is 6.93. The molecule has 0 spiro atoms. The largest absolute Gasteiger partial charge is 0.497 e. The highest BCUT2D eigenvalue weighted by Gasteiger charge is 2.41. The Hall–Kier alpha value is -0.540. The second-order valence-corrected chi connectivity index (χ2v) is 7.96. The first-order valence-electron chi connectivity index (χ1n) is 7.97. The van der Waals surface area contributed by atoms with Crippen LogP contribution in [0.25, 0.3) is 0 Å². The summed E-state index contributed by atoms with van der Waals surface area (Å²) in [5.41, 5.74) is 8.08. The third kappa shape index (κ3) is 3.81. The van der Waals surface area contributed by atoms with Gasteiger partial charge in [0.25, 0.3) is 0 Å². The monoisotopic (exact) mass is 353 g/mol. The maximum Gasteiger partial charge on any atom is 0.119 e. The van der Waals surface area contributed by atoms with Crippen LogP contribution in [0.5, 0.6) is 5.75 Å². The second kappa shape index (κ2) is 6.70. The molecule has 2 rings (SSSR count). The smallest absolute Gasteiger partial charge is 0.119 e. The highest BCUT2D eigenvalue weighted by molar-refractivity contribution is 9.10. The lowest BCUT2D eigenvalue weighted by Crippen LogP contribution is -2.54. The SMILES string of the molecule is COc1ccc(Br)c(CC2(N)CC(C)CCC2C(C)C)c1. The van der Waals surface area contributed by atoms with Crippen LogP contribution in [-0.2, 0) is 6.42 Å². The van der Waals surface area contributed by atoms with Crippen LogP contribution in [0, 0.1) is 17.8 Å². The predicted molar refractivity (Wildman–Crippen MR) is 92.7 cm³/mol. The van der Waals surface area contributed by atoms with Crippen LogP contribution in [0.2, 0.25) is 0 Å². The summed E-state index contributed by atoms with van der Waals surface area (Å²) in [5, 5.41) is 0. The van der Waals surface area contributed by atoms with Gasteiger partial charge in [-0.25, -0.2) is 0 Å². The van der Waals surface area contributed by atoms with Crippen molar-refractivity contribution in [2.45, 2.75) is 52.0 Å². The zero-order valence-corrected chi connectivity index (χ0v) is 15.2. The molecule has 0 aliphatic heterocycles. The molecule has 0 radical (unpaired) electrons. The average Bonchev–Trinajstić information content (AvgIpc) is 2.40. The molecule has 1 aromatic rings. The fraction of sp³-hybridized carbons (Fsp3) is 0.667. The lowest BCUT2D eigenvalue weighted by Gasteiger charge is -2.46. The van der Waals surface area contributed by atoms with E-state index >= 15 is 0 Å². The number of nitrogens with two attached hydrogens (primary N) is 1. The lowest BCUT2D eigenvalue weighted by molar-refractivity contribution is 0.109. The normalized spacial score (nSPS) is 29.7. The number of ether oxygens (including phenoxy) is 1. The first kappa shape index (κ1) is 16.8. The molecule has 3 heteroatoms. The van der Waals surface area contributed by atoms with Gasteiger partial charge in [-0.05, 0) is 60.8 Å². The van der Waals surface area contributed by atoms with Crippen molar-refractivity contribution in [1.29, 1.82) is 0 Å². The Kier molecular flexibility index (Phi) is 5.37. The zero-order valence-electron chi connectivity index (χ0n) is 13.7. The third-order valence-electron chi connectivity index (χ3n) is 5.01. The van der Waals surface area contributed by atoms with Gasteiger partial charge in [-0.1, -0.05) is 43.1 Å². The van der Waals surface area contributed by atoms with E-state index in [2.05, 4.69) is 48.8 Å². The van der Waals surface area contributed by atoms with E-state index in [1.807, 2.05) is 6.07 Å². The Morgan fingerprint density at radius 2 is 2.10 bits per heavy atom. The molecule has 0 amide bonds. The van der Waals surface area contributed by atoms with Crippen molar-refractivity contribution in [3.63, 3.8) is 0 Å². The summed E-state index contributed by atoms with van der Waals surface area (Å²) in [6.45, 7) is 6.95. The van der Waals surface area contributed by atoms with E-state index in [0.29, 0.717) is 11.8 Å². The molecule has 1 aromatic carbocycles. The van der Waals surface area contributed by atoms with E-state index in [4.69, 9.17) is 10.5 Å². The van der Waals surface area contributed by atoms with Crippen molar-refractivity contribution in [2.24, 2.45) is 23.5 Å². The zero-order chi connectivity index (χ0) is 15.6. The van der Waals surface area contributed by atoms with Crippen LogP contribution < -0.4 is 10.5 Å². The van der Waals surface area contributed by atoms with Gasteiger partial charge in [-0.3, -0.25) is 0 Å². The standard InChI is InChI=1S/C18H28BrNO/c1-12(2)16-7-5-13(3)10-18(16,20)11-14-9-15(21-4)6-8-17(14)19/h6,8-9,12-13,16H,5,7,10-11,20H2,1-4H3. The van der Waals surface area contributed by atoms with E-state index < -0.39 is 0 Å². The van der Waals surface area contributed by atoms with Crippen LogP contribution in [0.4, 0.5) is 0 Å². The van der Waals surface area contributed by atoms with Crippen molar-refractivity contribution in [2.75, 3.05) is 7.11 Å². The topological polar surface area (TPSA) is 35.2 Å². The summed E-state index contributed by atoms with van der Waals surface area (Å²) in [4.78, 5) is 0. The van der Waals surface area contributed by atoms with Crippen molar-refractivity contribution in [3.05, 3.63) is 28.2 Å². The van der Waals surface area contributed by atoms with Gasteiger partial charge in [0.05, 0.1) is 7.11 Å². The Balaban J connectivity index is 2.29. The minimum Gasteiger partial charge on any atom is -0.497 e. The van der Waals surface area contributed by atoms with Crippen LogP contribution in [0.1, 0.15) is 45.6 Å². The molecule has 118 valence electrons. The number of methoxy groups -OCH3 is 1. The average molecular weight is 354 g/mol. The molecule has 2 nitrogen and oxygen atoms in total. The first-order valence-corrected chi connectivity index (χ1v) is 8.76. The molecule has 1 fully saturated rings. The van der Waals surface area contributed by atoms with Crippen LogP contribution in [0.3, 0.4) is 0 Å². The molecule has 3 unspecified atom stereocenters. The van der Waals surface area contributed by atoms with Crippen molar-refractivity contribution in [1.82, 2.24) is 0 Å².